The summed E-state index contributed by atoms with van der Waals surface area (Å²) in [6.45, 7) is 2.33. The van der Waals surface area contributed by atoms with E-state index >= 15 is 0 Å². The molecule has 0 saturated heterocycles. The summed E-state index contributed by atoms with van der Waals surface area (Å²) in [5.74, 6) is -0.573. The number of nitrogens with one attached hydrogen (secondary N) is 2. The van der Waals surface area contributed by atoms with Crippen LogP contribution in [0.25, 0.3) is 0 Å². The van der Waals surface area contributed by atoms with E-state index in [2.05, 4.69) is 10.6 Å². The largest absolute Gasteiger partial charge is 0.362 e. The Morgan fingerprint density at radius 1 is 1.19 bits per heavy atom. The van der Waals surface area contributed by atoms with Gasteiger partial charge in [-0.2, -0.15) is 5.26 Å². The number of anilines is 1. The lowest BCUT2D eigenvalue weighted by atomic mass is 10.2. The first-order valence-electron chi connectivity index (χ1n) is 6.80. The number of nitrogens with zero attached hydrogens (tertiary/aromatic N) is 1. The van der Waals surface area contributed by atoms with Crippen molar-refractivity contribution in [2.45, 2.75) is 19.8 Å². The minimum atomic E-state index is -0.346. The molecule has 2 N–H and O–H groups in total. The number of ether oxygens (including phenoxy) is 1. The third-order valence-corrected chi connectivity index (χ3v) is 2.62. The van der Waals surface area contributed by atoms with E-state index in [-0.39, 0.29) is 25.0 Å². The summed E-state index contributed by atoms with van der Waals surface area (Å²) in [5, 5.41) is 14.0. The third-order valence-electron chi connectivity index (χ3n) is 2.62. The molecule has 0 heterocycles. The number of carbonyl (C=O) groups excluding carboxylic acids is 2. The Morgan fingerprint density at radius 2 is 1.86 bits per heavy atom. The Bertz CT molecular complexity index is 506. The van der Waals surface area contributed by atoms with E-state index in [1.165, 1.54) is 0 Å². The summed E-state index contributed by atoms with van der Waals surface area (Å²) in [6, 6.07) is 8.48. The van der Waals surface area contributed by atoms with Crippen molar-refractivity contribution >= 4 is 17.5 Å². The fourth-order valence-electron chi connectivity index (χ4n) is 1.52. The van der Waals surface area contributed by atoms with Gasteiger partial charge in [0.2, 0.25) is 11.8 Å². The molecule has 0 radical (unpaired) electrons. The van der Waals surface area contributed by atoms with Crippen molar-refractivity contribution in [2.24, 2.45) is 0 Å². The van der Waals surface area contributed by atoms with Gasteiger partial charge in [0.05, 0.1) is 11.6 Å². The van der Waals surface area contributed by atoms with Gasteiger partial charge in [0.1, 0.15) is 13.2 Å². The topological polar surface area (TPSA) is 91.2 Å². The second-order valence-corrected chi connectivity index (χ2v) is 4.43. The molecular weight excluding hydrogens is 270 g/mol. The Hall–Kier alpha value is -2.39. The molecule has 0 aliphatic heterocycles. The zero-order chi connectivity index (χ0) is 15.5. The van der Waals surface area contributed by atoms with Crippen LogP contribution in [0.15, 0.2) is 24.3 Å². The average Bonchev–Trinajstić information content (AvgIpc) is 2.48. The summed E-state index contributed by atoms with van der Waals surface area (Å²) in [4.78, 5) is 22.9. The Labute approximate surface area is 124 Å². The number of rotatable bonds is 8. The second kappa shape index (κ2) is 9.50. The highest BCUT2D eigenvalue weighted by Gasteiger charge is 2.05. The molecular formula is C15H19N3O3. The van der Waals surface area contributed by atoms with Gasteiger partial charge in [-0.05, 0) is 30.7 Å². The van der Waals surface area contributed by atoms with Crippen LogP contribution >= 0.6 is 0 Å². The summed E-state index contributed by atoms with van der Waals surface area (Å²) in [7, 11) is 0. The summed E-state index contributed by atoms with van der Waals surface area (Å²) in [5.41, 5.74) is 1.10. The van der Waals surface area contributed by atoms with Gasteiger partial charge in [0.15, 0.2) is 0 Å². The highest BCUT2D eigenvalue weighted by atomic mass is 16.5. The molecule has 0 atom stereocenters. The summed E-state index contributed by atoms with van der Waals surface area (Å²) >= 11 is 0. The molecule has 112 valence electrons. The first-order chi connectivity index (χ1) is 10.2. The first kappa shape index (κ1) is 16.7. The fraction of sp³-hybridized carbons (Fsp3) is 0.400. The summed E-state index contributed by atoms with van der Waals surface area (Å²) in [6.07, 6.45) is 1.93. The molecule has 0 unspecified atom stereocenters. The maximum Gasteiger partial charge on any atom is 0.250 e. The highest BCUT2D eigenvalue weighted by Crippen LogP contribution is 2.08. The molecule has 21 heavy (non-hydrogen) atoms. The molecule has 0 fully saturated rings. The lowest BCUT2D eigenvalue weighted by Crippen LogP contribution is -2.30. The number of amides is 2. The molecule has 2 amide bonds. The Balaban J connectivity index is 2.21. The van der Waals surface area contributed by atoms with Crippen molar-refractivity contribution in [3.8, 4) is 6.07 Å². The van der Waals surface area contributed by atoms with E-state index in [1.807, 2.05) is 13.0 Å². The molecule has 1 aromatic rings. The minimum absolute atomic E-state index is 0.134. The van der Waals surface area contributed by atoms with E-state index in [1.54, 1.807) is 24.3 Å². The normalized spacial score (nSPS) is 9.71. The number of unbranched alkanes of at least 4 members (excludes halogenated alkanes) is 1. The van der Waals surface area contributed by atoms with Crippen LogP contribution in [0, 0.1) is 11.3 Å². The Kier molecular flexibility index (Phi) is 7.54. The van der Waals surface area contributed by atoms with E-state index in [9.17, 15) is 9.59 Å². The zero-order valence-electron chi connectivity index (χ0n) is 12.0. The van der Waals surface area contributed by atoms with Crippen LogP contribution < -0.4 is 10.6 Å². The lowest BCUT2D eigenvalue weighted by molar-refractivity contribution is -0.128. The quantitative estimate of drug-likeness (QED) is 0.708. The van der Waals surface area contributed by atoms with E-state index in [0.717, 1.165) is 12.8 Å². The molecule has 6 nitrogen and oxygen atoms in total. The SMILES string of the molecule is CCCCNC(=O)COCC(=O)Nc1ccc(C#N)cc1. The lowest BCUT2D eigenvalue weighted by Gasteiger charge is -2.07. The molecule has 0 saturated carbocycles. The number of hydrogen-bond acceptors (Lipinski definition) is 4. The van der Waals surface area contributed by atoms with Crippen LogP contribution in [-0.2, 0) is 14.3 Å². The molecule has 6 heteroatoms. The standard InChI is InChI=1S/C15H19N3O3/c1-2-3-8-17-14(19)10-21-11-15(20)18-13-6-4-12(9-16)5-7-13/h4-7H,2-3,8,10-11H2,1H3,(H,17,19)(H,18,20). The molecule has 0 spiro atoms. The average molecular weight is 289 g/mol. The van der Waals surface area contributed by atoms with Crippen LogP contribution in [0.5, 0.6) is 0 Å². The second-order valence-electron chi connectivity index (χ2n) is 4.43. The van der Waals surface area contributed by atoms with Crippen molar-refractivity contribution < 1.29 is 14.3 Å². The Morgan fingerprint density at radius 3 is 2.48 bits per heavy atom. The van der Waals surface area contributed by atoms with E-state index in [4.69, 9.17) is 10.00 Å². The molecule has 0 aromatic heterocycles. The zero-order valence-corrected chi connectivity index (χ0v) is 12.0. The van der Waals surface area contributed by atoms with Crippen LogP contribution in [0.4, 0.5) is 5.69 Å². The number of hydrogen-bond donors (Lipinski definition) is 2. The molecule has 0 aliphatic rings. The van der Waals surface area contributed by atoms with Crippen LogP contribution in [0.3, 0.4) is 0 Å². The molecule has 1 aromatic carbocycles. The molecule has 0 aliphatic carbocycles. The molecule has 1 rings (SSSR count). The number of benzene rings is 1. The fourth-order valence-corrected chi connectivity index (χ4v) is 1.52. The van der Waals surface area contributed by atoms with E-state index < -0.39 is 0 Å². The van der Waals surface area contributed by atoms with Crippen molar-refractivity contribution in [2.75, 3.05) is 25.1 Å². The number of nitriles is 1. The van der Waals surface area contributed by atoms with Gasteiger partial charge in [-0.15, -0.1) is 0 Å². The van der Waals surface area contributed by atoms with Crippen molar-refractivity contribution in [3.05, 3.63) is 29.8 Å². The van der Waals surface area contributed by atoms with Crippen LogP contribution in [0.2, 0.25) is 0 Å². The highest BCUT2D eigenvalue weighted by molar-refractivity contribution is 5.91. The van der Waals surface area contributed by atoms with Gasteiger partial charge in [0, 0.05) is 12.2 Å². The van der Waals surface area contributed by atoms with Crippen molar-refractivity contribution in [3.63, 3.8) is 0 Å². The van der Waals surface area contributed by atoms with Gasteiger partial charge in [-0.25, -0.2) is 0 Å². The monoisotopic (exact) mass is 289 g/mol. The van der Waals surface area contributed by atoms with Gasteiger partial charge in [-0.1, -0.05) is 13.3 Å². The van der Waals surface area contributed by atoms with Gasteiger partial charge in [0.25, 0.3) is 0 Å². The van der Waals surface area contributed by atoms with Crippen molar-refractivity contribution in [1.29, 1.82) is 5.26 Å². The smallest absolute Gasteiger partial charge is 0.250 e. The van der Waals surface area contributed by atoms with Gasteiger partial charge < -0.3 is 15.4 Å². The third kappa shape index (κ3) is 7.09. The summed E-state index contributed by atoms with van der Waals surface area (Å²) < 4.78 is 5.03. The first-order valence-corrected chi connectivity index (χ1v) is 6.80. The van der Waals surface area contributed by atoms with Gasteiger partial charge >= 0.3 is 0 Å². The van der Waals surface area contributed by atoms with Crippen LogP contribution in [0.1, 0.15) is 25.3 Å². The van der Waals surface area contributed by atoms with Crippen molar-refractivity contribution in [1.82, 2.24) is 5.32 Å². The molecule has 0 bridgehead atoms. The minimum Gasteiger partial charge on any atom is -0.362 e. The van der Waals surface area contributed by atoms with Gasteiger partial charge in [-0.3, -0.25) is 9.59 Å². The van der Waals surface area contributed by atoms with Crippen LogP contribution in [-0.4, -0.2) is 31.6 Å². The predicted octanol–water partition coefficient (Wildman–Crippen LogP) is 1.43. The van der Waals surface area contributed by atoms with E-state index in [0.29, 0.717) is 17.8 Å². The number of carbonyl (C=O) groups is 2. The maximum atomic E-state index is 11.6. The maximum absolute atomic E-state index is 11.6. The predicted molar refractivity (Wildman–Crippen MR) is 78.5 cm³/mol.